The fourth-order valence-electron chi connectivity index (χ4n) is 4.32. The van der Waals surface area contributed by atoms with Crippen molar-refractivity contribution in [2.75, 3.05) is 11.1 Å². The molecule has 0 radical (unpaired) electrons. The Labute approximate surface area is 188 Å². The summed E-state index contributed by atoms with van der Waals surface area (Å²) in [5.41, 5.74) is 8.52. The summed E-state index contributed by atoms with van der Waals surface area (Å²) in [6.45, 7) is 6.43. The lowest BCUT2D eigenvalue weighted by atomic mass is 9.64. The molecule has 1 amide bonds. The Bertz CT molecular complexity index is 996. The van der Waals surface area contributed by atoms with Crippen LogP contribution in [0.3, 0.4) is 0 Å². The first-order valence-corrected chi connectivity index (χ1v) is 11.6. The highest BCUT2D eigenvalue weighted by Gasteiger charge is 2.45. The van der Waals surface area contributed by atoms with E-state index < -0.39 is 5.41 Å². The standard InChI is InChI=1S/C24H29N5OS/c1-23(2,3)16-7-9-17(10-8-16)28-20(30)15-31-22-19(14-26)24(11-5-4-6-12-24)18(13-25)21(27)29-22/h7-10,29H,4-6,11-12,15,27H2,1-3H3,(H,28,30). The summed E-state index contributed by atoms with van der Waals surface area (Å²) < 4.78 is 0. The quantitative estimate of drug-likeness (QED) is 0.635. The number of dihydropyridines is 1. The van der Waals surface area contributed by atoms with Crippen molar-refractivity contribution in [3.63, 3.8) is 0 Å². The number of carbonyl (C=O) groups excluding carboxylic acids is 1. The predicted octanol–water partition coefficient (Wildman–Crippen LogP) is 4.64. The minimum absolute atomic E-state index is 0.0516. The molecule has 7 heteroatoms. The van der Waals surface area contributed by atoms with E-state index in [1.54, 1.807) is 0 Å². The summed E-state index contributed by atoms with van der Waals surface area (Å²) in [5, 5.41) is 26.1. The SMILES string of the molecule is CC(C)(C)c1ccc(NC(=O)CSC2=C(C#N)C3(CCCCC3)C(C#N)=C(N)N2)cc1. The van der Waals surface area contributed by atoms with Gasteiger partial charge >= 0.3 is 0 Å². The average Bonchev–Trinajstić information content (AvgIpc) is 2.73. The molecule has 1 spiro atoms. The Morgan fingerprint density at radius 2 is 1.74 bits per heavy atom. The van der Waals surface area contributed by atoms with Gasteiger partial charge in [-0.25, -0.2) is 0 Å². The van der Waals surface area contributed by atoms with Crippen LogP contribution in [-0.2, 0) is 10.2 Å². The zero-order chi connectivity index (χ0) is 22.6. The van der Waals surface area contributed by atoms with Crippen molar-refractivity contribution in [3.8, 4) is 12.1 Å². The van der Waals surface area contributed by atoms with Crippen LogP contribution in [0.1, 0.15) is 58.4 Å². The maximum absolute atomic E-state index is 12.5. The third-order valence-corrected chi connectivity index (χ3v) is 7.02. The molecule has 31 heavy (non-hydrogen) atoms. The second-order valence-corrected chi connectivity index (χ2v) is 10.1. The Balaban J connectivity index is 1.73. The molecule has 1 aliphatic heterocycles. The topological polar surface area (TPSA) is 115 Å². The van der Waals surface area contributed by atoms with Gasteiger partial charge in [0.2, 0.25) is 5.91 Å². The van der Waals surface area contributed by atoms with Gasteiger partial charge < -0.3 is 16.4 Å². The summed E-state index contributed by atoms with van der Waals surface area (Å²) >= 11 is 1.26. The van der Waals surface area contributed by atoms with Crippen LogP contribution >= 0.6 is 11.8 Å². The molecule has 2 aliphatic rings. The average molecular weight is 436 g/mol. The van der Waals surface area contributed by atoms with Crippen LogP contribution in [0.25, 0.3) is 0 Å². The number of amides is 1. The third-order valence-electron chi connectivity index (χ3n) is 6.01. The lowest BCUT2D eigenvalue weighted by Crippen LogP contribution is -2.39. The van der Waals surface area contributed by atoms with E-state index in [1.807, 2.05) is 24.3 Å². The summed E-state index contributed by atoms with van der Waals surface area (Å²) in [4.78, 5) is 12.5. The molecule has 1 saturated carbocycles. The van der Waals surface area contributed by atoms with Crippen molar-refractivity contribution >= 4 is 23.4 Å². The number of nitrogens with two attached hydrogens (primary N) is 1. The highest BCUT2D eigenvalue weighted by Crippen LogP contribution is 2.51. The van der Waals surface area contributed by atoms with Crippen LogP contribution in [0.2, 0.25) is 0 Å². The van der Waals surface area contributed by atoms with Gasteiger partial charge in [0.05, 0.1) is 34.1 Å². The number of hydrogen-bond acceptors (Lipinski definition) is 6. The number of carbonyl (C=O) groups is 1. The predicted molar refractivity (Wildman–Crippen MR) is 124 cm³/mol. The van der Waals surface area contributed by atoms with Crippen LogP contribution < -0.4 is 16.4 Å². The Hall–Kier alpha value is -2.90. The lowest BCUT2D eigenvalue weighted by Gasteiger charge is -2.40. The highest BCUT2D eigenvalue weighted by atomic mass is 32.2. The second kappa shape index (κ2) is 9.08. The number of rotatable bonds is 4. The molecule has 6 nitrogen and oxygen atoms in total. The van der Waals surface area contributed by atoms with E-state index in [0.717, 1.165) is 37.8 Å². The number of benzene rings is 1. The van der Waals surface area contributed by atoms with Crippen LogP contribution in [0.15, 0.2) is 46.3 Å². The van der Waals surface area contributed by atoms with Crippen molar-refractivity contribution in [1.82, 2.24) is 5.32 Å². The molecule has 1 fully saturated rings. The fraction of sp³-hybridized carbons (Fsp3) is 0.458. The van der Waals surface area contributed by atoms with E-state index in [4.69, 9.17) is 5.73 Å². The maximum Gasteiger partial charge on any atom is 0.234 e. The molecule has 1 heterocycles. The first-order chi connectivity index (χ1) is 14.7. The number of thioether (sulfide) groups is 1. The van der Waals surface area contributed by atoms with Crippen molar-refractivity contribution in [3.05, 3.63) is 51.8 Å². The molecule has 0 unspecified atom stereocenters. The summed E-state index contributed by atoms with van der Waals surface area (Å²) in [5.74, 6) is 0.273. The van der Waals surface area contributed by atoms with E-state index in [-0.39, 0.29) is 17.1 Å². The summed E-state index contributed by atoms with van der Waals surface area (Å²) in [6, 6.07) is 12.4. The van der Waals surface area contributed by atoms with Crippen LogP contribution in [0.5, 0.6) is 0 Å². The van der Waals surface area contributed by atoms with E-state index in [2.05, 4.69) is 43.5 Å². The molecule has 0 atom stereocenters. The van der Waals surface area contributed by atoms with Gasteiger partial charge in [-0.15, -0.1) is 0 Å². The Morgan fingerprint density at radius 1 is 1.13 bits per heavy atom. The lowest BCUT2D eigenvalue weighted by molar-refractivity contribution is -0.113. The molecule has 3 rings (SSSR count). The molecule has 1 aromatic rings. The van der Waals surface area contributed by atoms with Crippen LogP contribution in [-0.4, -0.2) is 11.7 Å². The van der Waals surface area contributed by atoms with Crippen molar-refractivity contribution in [1.29, 1.82) is 10.5 Å². The van der Waals surface area contributed by atoms with E-state index in [1.165, 1.54) is 17.3 Å². The maximum atomic E-state index is 12.5. The second-order valence-electron chi connectivity index (χ2n) is 9.15. The van der Waals surface area contributed by atoms with Crippen LogP contribution in [0.4, 0.5) is 5.69 Å². The fourth-order valence-corrected chi connectivity index (χ4v) is 5.24. The van der Waals surface area contributed by atoms with Crippen molar-refractivity contribution in [2.45, 2.75) is 58.3 Å². The number of nitrogens with zero attached hydrogens (tertiary/aromatic N) is 2. The number of allylic oxidation sites excluding steroid dienone is 2. The molecule has 4 N–H and O–H groups in total. The Morgan fingerprint density at radius 3 is 2.29 bits per heavy atom. The molecule has 0 saturated heterocycles. The number of nitriles is 2. The molecule has 1 aliphatic carbocycles. The first kappa shape index (κ1) is 22.8. The molecule has 162 valence electrons. The summed E-state index contributed by atoms with van der Waals surface area (Å²) in [7, 11) is 0. The third kappa shape index (κ3) is 4.73. The number of anilines is 1. The molecular formula is C24H29N5OS. The van der Waals surface area contributed by atoms with E-state index >= 15 is 0 Å². The molecule has 1 aromatic carbocycles. The normalized spacial score (nSPS) is 18.2. The summed E-state index contributed by atoms with van der Waals surface area (Å²) in [6.07, 6.45) is 4.46. The number of nitrogens with one attached hydrogen (secondary N) is 2. The van der Waals surface area contributed by atoms with Gasteiger partial charge in [-0.3, -0.25) is 4.79 Å². The van der Waals surface area contributed by atoms with Gasteiger partial charge in [0.15, 0.2) is 0 Å². The number of hydrogen-bond donors (Lipinski definition) is 3. The highest BCUT2D eigenvalue weighted by molar-refractivity contribution is 8.03. The van der Waals surface area contributed by atoms with E-state index in [9.17, 15) is 15.3 Å². The van der Waals surface area contributed by atoms with E-state index in [0.29, 0.717) is 22.0 Å². The first-order valence-electron chi connectivity index (χ1n) is 10.6. The zero-order valence-electron chi connectivity index (χ0n) is 18.3. The van der Waals surface area contributed by atoms with Gasteiger partial charge in [0.25, 0.3) is 0 Å². The van der Waals surface area contributed by atoms with Gasteiger partial charge in [-0.1, -0.05) is 63.9 Å². The molecule has 0 bridgehead atoms. The monoisotopic (exact) mass is 435 g/mol. The molecule has 0 aromatic heterocycles. The van der Waals surface area contributed by atoms with Crippen LogP contribution in [0, 0.1) is 28.1 Å². The van der Waals surface area contributed by atoms with Gasteiger partial charge in [0.1, 0.15) is 5.82 Å². The van der Waals surface area contributed by atoms with Crippen molar-refractivity contribution in [2.24, 2.45) is 11.1 Å². The van der Waals surface area contributed by atoms with Gasteiger partial charge in [-0.2, -0.15) is 10.5 Å². The minimum atomic E-state index is -0.626. The minimum Gasteiger partial charge on any atom is -0.384 e. The smallest absolute Gasteiger partial charge is 0.234 e. The Kier molecular flexibility index (Phi) is 6.67. The van der Waals surface area contributed by atoms with Gasteiger partial charge in [-0.05, 0) is 36.0 Å². The molecular weight excluding hydrogens is 406 g/mol. The zero-order valence-corrected chi connectivity index (χ0v) is 19.2. The van der Waals surface area contributed by atoms with Gasteiger partial charge in [0, 0.05) is 11.1 Å². The largest absolute Gasteiger partial charge is 0.384 e. The van der Waals surface area contributed by atoms with Crippen molar-refractivity contribution < 1.29 is 4.79 Å².